The Morgan fingerprint density at radius 3 is 2.94 bits per heavy atom. The maximum Gasteiger partial charge on any atom is 0.185 e. The fraction of sp³-hybridized carbons (Fsp3) is 0.750. The molecule has 1 aromatic heterocycles. The molecule has 1 unspecified atom stereocenters. The molecule has 1 saturated heterocycles. The summed E-state index contributed by atoms with van der Waals surface area (Å²) >= 11 is 1.69. The molecule has 3 nitrogen and oxygen atoms in total. The van der Waals surface area contributed by atoms with Gasteiger partial charge in [-0.15, -0.1) is 11.3 Å². The summed E-state index contributed by atoms with van der Waals surface area (Å²) in [5, 5.41) is 12.6. The van der Waals surface area contributed by atoms with E-state index in [9.17, 15) is 5.11 Å². The number of rotatable bonds is 3. The molecule has 0 aliphatic carbocycles. The van der Waals surface area contributed by atoms with Crippen molar-refractivity contribution in [3.8, 4) is 0 Å². The molecule has 90 valence electrons. The van der Waals surface area contributed by atoms with Crippen LogP contribution >= 0.6 is 11.3 Å². The Hall–Kier alpha value is -0.610. The summed E-state index contributed by atoms with van der Waals surface area (Å²) in [5.74, 6) is 0. The van der Waals surface area contributed by atoms with E-state index in [0.29, 0.717) is 0 Å². The molecular formula is C12H20N2OS. The van der Waals surface area contributed by atoms with Gasteiger partial charge < -0.3 is 10.0 Å². The van der Waals surface area contributed by atoms with Gasteiger partial charge in [-0.2, -0.15) is 0 Å². The van der Waals surface area contributed by atoms with Crippen LogP contribution in [0, 0.1) is 5.41 Å². The van der Waals surface area contributed by atoms with E-state index >= 15 is 0 Å². The van der Waals surface area contributed by atoms with Gasteiger partial charge in [0, 0.05) is 11.9 Å². The quantitative estimate of drug-likeness (QED) is 0.880. The van der Waals surface area contributed by atoms with Gasteiger partial charge in [-0.1, -0.05) is 20.8 Å². The van der Waals surface area contributed by atoms with E-state index < -0.39 is 0 Å². The van der Waals surface area contributed by atoms with Crippen LogP contribution in [0.1, 0.15) is 32.9 Å². The van der Waals surface area contributed by atoms with Crippen LogP contribution in [0.5, 0.6) is 0 Å². The second kappa shape index (κ2) is 4.34. The van der Waals surface area contributed by atoms with Gasteiger partial charge in [-0.05, 0) is 18.3 Å². The molecule has 1 aliphatic heterocycles. The molecule has 2 heterocycles. The lowest BCUT2D eigenvalue weighted by atomic mass is 9.91. The van der Waals surface area contributed by atoms with Crippen LogP contribution in [-0.2, 0) is 6.42 Å². The van der Waals surface area contributed by atoms with Crippen LogP contribution in [0.4, 0.5) is 5.13 Å². The summed E-state index contributed by atoms with van der Waals surface area (Å²) in [5.41, 5.74) is 1.44. The number of hydrogen-bond acceptors (Lipinski definition) is 4. The Labute approximate surface area is 101 Å². The summed E-state index contributed by atoms with van der Waals surface area (Å²) in [7, 11) is 0. The summed E-state index contributed by atoms with van der Waals surface area (Å²) < 4.78 is 0. The molecule has 1 atom stereocenters. The molecule has 0 radical (unpaired) electrons. The van der Waals surface area contributed by atoms with E-state index in [4.69, 9.17) is 0 Å². The Morgan fingerprint density at radius 1 is 1.62 bits per heavy atom. The molecule has 4 heteroatoms. The van der Waals surface area contributed by atoms with Gasteiger partial charge in [0.15, 0.2) is 5.13 Å². The first kappa shape index (κ1) is 11.9. The van der Waals surface area contributed by atoms with Gasteiger partial charge in [0.2, 0.25) is 0 Å². The molecule has 1 N–H and O–H groups in total. The molecular weight excluding hydrogens is 220 g/mol. The number of thiazole rings is 1. The van der Waals surface area contributed by atoms with Crippen molar-refractivity contribution in [1.29, 1.82) is 0 Å². The van der Waals surface area contributed by atoms with Gasteiger partial charge in [0.25, 0.3) is 0 Å². The number of hydrogen-bond donors (Lipinski definition) is 1. The Kier molecular flexibility index (Phi) is 3.22. The summed E-state index contributed by atoms with van der Waals surface area (Å²) in [6.07, 6.45) is 2.03. The monoisotopic (exact) mass is 240 g/mol. The molecule has 1 aromatic rings. The third-order valence-corrected chi connectivity index (χ3v) is 4.11. The standard InChI is InChI=1S/C12H20N2OS/c1-4-9-7-16-11(13-9)14-8-12(2,3)5-10(14)6-15/h7,10,15H,4-6,8H2,1-3H3. The minimum absolute atomic E-state index is 0.227. The minimum Gasteiger partial charge on any atom is -0.394 e. The average Bonchev–Trinajstić information content (AvgIpc) is 2.81. The molecule has 16 heavy (non-hydrogen) atoms. The zero-order valence-electron chi connectivity index (χ0n) is 10.2. The maximum absolute atomic E-state index is 9.43. The summed E-state index contributed by atoms with van der Waals surface area (Å²) in [6, 6.07) is 0.242. The second-order valence-corrected chi connectivity index (χ2v) is 6.14. The zero-order chi connectivity index (χ0) is 11.8. The van der Waals surface area contributed by atoms with Crippen molar-refractivity contribution in [2.24, 2.45) is 5.41 Å². The van der Waals surface area contributed by atoms with Crippen LogP contribution in [0.15, 0.2) is 5.38 Å². The SMILES string of the molecule is CCc1csc(N2CC(C)(C)CC2CO)n1. The van der Waals surface area contributed by atoms with Crippen molar-refractivity contribution in [3.05, 3.63) is 11.1 Å². The van der Waals surface area contributed by atoms with E-state index in [2.05, 4.69) is 36.0 Å². The van der Waals surface area contributed by atoms with Crippen molar-refractivity contribution in [2.75, 3.05) is 18.1 Å². The molecule has 0 bridgehead atoms. The molecule has 0 spiro atoms. The average molecular weight is 240 g/mol. The third kappa shape index (κ3) is 2.23. The highest BCUT2D eigenvalue weighted by Gasteiger charge is 2.38. The van der Waals surface area contributed by atoms with Crippen LogP contribution in [0.25, 0.3) is 0 Å². The van der Waals surface area contributed by atoms with Crippen molar-refractivity contribution in [2.45, 2.75) is 39.7 Å². The highest BCUT2D eigenvalue weighted by atomic mass is 32.1. The second-order valence-electron chi connectivity index (χ2n) is 5.31. The zero-order valence-corrected chi connectivity index (χ0v) is 11.0. The lowest BCUT2D eigenvalue weighted by Gasteiger charge is -2.22. The first-order valence-corrected chi connectivity index (χ1v) is 6.75. The molecule has 0 aromatic carbocycles. The molecule has 1 aliphatic rings. The van der Waals surface area contributed by atoms with Crippen molar-refractivity contribution < 1.29 is 5.11 Å². The first-order chi connectivity index (χ1) is 7.55. The van der Waals surface area contributed by atoms with E-state index in [-0.39, 0.29) is 18.1 Å². The van der Waals surface area contributed by atoms with Crippen LogP contribution in [0.3, 0.4) is 0 Å². The number of aromatic nitrogens is 1. The van der Waals surface area contributed by atoms with Crippen molar-refractivity contribution in [3.63, 3.8) is 0 Å². The first-order valence-electron chi connectivity index (χ1n) is 5.87. The van der Waals surface area contributed by atoms with Gasteiger partial charge in [0.1, 0.15) is 0 Å². The highest BCUT2D eigenvalue weighted by molar-refractivity contribution is 7.13. The highest BCUT2D eigenvalue weighted by Crippen LogP contribution is 2.38. The van der Waals surface area contributed by atoms with Gasteiger partial charge in [0.05, 0.1) is 18.3 Å². The van der Waals surface area contributed by atoms with Crippen LogP contribution < -0.4 is 4.90 Å². The Morgan fingerprint density at radius 2 is 2.38 bits per heavy atom. The maximum atomic E-state index is 9.43. The lowest BCUT2D eigenvalue weighted by Crippen LogP contribution is -2.32. The predicted molar refractivity (Wildman–Crippen MR) is 68.1 cm³/mol. The smallest absolute Gasteiger partial charge is 0.185 e. The topological polar surface area (TPSA) is 36.4 Å². The van der Waals surface area contributed by atoms with E-state index in [1.54, 1.807) is 11.3 Å². The predicted octanol–water partition coefficient (Wildman–Crippen LogP) is 2.30. The van der Waals surface area contributed by atoms with Gasteiger partial charge in [-0.25, -0.2) is 4.98 Å². The number of nitrogens with zero attached hydrogens (tertiary/aromatic N) is 2. The summed E-state index contributed by atoms with van der Waals surface area (Å²) in [6.45, 7) is 7.85. The molecule has 2 rings (SSSR count). The summed E-state index contributed by atoms with van der Waals surface area (Å²) in [4.78, 5) is 6.88. The Balaban J connectivity index is 2.19. The van der Waals surface area contributed by atoms with Crippen LogP contribution in [-0.4, -0.2) is 29.3 Å². The van der Waals surface area contributed by atoms with Crippen LogP contribution in [0.2, 0.25) is 0 Å². The third-order valence-electron chi connectivity index (χ3n) is 3.19. The number of aliphatic hydroxyl groups excluding tert-OH is 1. The van der Waals surface area contributed by atoms with Gasteiger partial charge in [-0.3, -0.25) is 0 Å². The molecule has 0 amide bonds. The lowest BCUT2D eigenvalue weighted by molar-refractivity contribution is 0.255. The normalized spacial score (nSPS) is 24.0. The van der Waals surface area contributed by atoms with Crippen molar-refractivity contribution >= 4 is 16.5 Å². The largest absolute Gasteiger partial charge is 0.394 e. The van der Waals surface area contributed by atoms with Gasteiger partial charge >= 0.3 is 0 Å². The van der Waals surface area contributed by atoms with E-state index in [1.165, 1.54) is 0 Å². The number of aliphatic hydroxyl groups is 1. The van der Waals surface area contributed by atoms with E-state index in [1.807, 2.05) is 0 Å². The van der Waals surface area contributed by atoms with Crippen molar-refractivity contribution in [1.82, 2.24) is 4.98 Å². The number of anilines is 1. The fourth-order valence-electron chi connectivity index (χ4n) is 2.38. The Bertz CT molecular complexity index is 362. The molecule has 1 fully saturated rings. The molecule has 0 saturated carbocycles. The number of aryl methyl sites for hydroxylation is 1. The fourth-order valence-corrected chi connectivity index (χ4v) is 3.36. The van der Waals surface area contributed by atoms with E-state index in [0.717, 1.165) is 30.2 Å². The minimum atomic E-state index is 0.227.